The summed E-state index contributed by atoms with van der Waals surface area (Å²) in [7, 11) is 0. The highest BCUT2D eigenvalue weighted by atomic mass is 16.4. The highest BCUT2D eigenvalue weighted by Gasteiger charge is 2.01. The maximum absolute atomic E-state index is 9.88. The van der Waals surface area contributed by atoms with Gasteiger partial charge in [0.25, 0.3) is 0 Å². The molecule has 5 heteroatoms. The number of carbonyl (C=O) groups is 1. The number of nitrogens with zero attached hydrogens (tertiary/aromatic N) is 1. The van der Waals surface area contributed by atoms with Crippen LogP contribution in [-0.2, 0) is 4.79 Å². The fourth-order valence-electron chi connectivity index (χ4n) is 0.381. The van der Waals surface area contributed by atoms with Gasteiger partial charge < -0.3 is 10.2 Å². The van der Waals surface area contributed by atoms with Crippen LogP contribution < -0.4 is 5.84 Å². The van der Waals surface area contributed by atoms with E-state index < -0.39 is 5.97 Å². The number of carboxylic acid groups (broad SMARTS) is 1. The van der Waals surface area contributed by atoms with Crippen LogP contribution >= 0.6 is 0 Å². The third-order valence-corrected chi connectivity index (χ3v) is 0.726. The van der Waals surface area contributed by atoms with Gasteiger partial charge in [0.2, 0.25) is 0 Å². The molecule has 0 bridgehead atoms. The van der Waals surface area contributed by atoms with Crippen molar-refractivity contribution in [2.45, 2.75) is 0 Å². The van der Waals surface area contributed by atoms with E-state index in [1.807, 2.05) is 0 Å². The molecule has 0 saturated carbocycles. The number of rotatable bonds is 4. The van der Waals surface area contributed by atoms with Crippen LogP contribution in [0.25, 0.3) is 0 Å². The topological polar surface area (TPSA) is 86.8 Å². The van der Waals surface area contributed by atoms with Crippen molar-refractivity contribution in [2.75, 3.05) is 19.7 Å². The Morgan fingerprint density at radius 2 is 2.22 bits per heavy atom. The summed E-state index contributed by atoms with van der Waals surface area (Å²) in [5, 5.41) is 17.4. The Kier molecular flexibility index (Phi) is 3.94. The average molecular weight is 134 g/mol. The van der Waals surface area contributed by atoms with Crippen molar-refractivity contribution >= 4 is 5.97 Å². The molecule has 0 aromatic carbocycles. The molecule has 9 heavy (non-hydrogen) atoms. The number of nitrogens with two attached hydrogens (primary N) is 1. The van der Waals surface area contributed by atoms with E-state index in [9.17, 15) is 4.79 Å². The van der Waals surface area contributed by atoms with Crippen LogP contribution in [0.5, 0.6) is 0 Å². The van der Waals surface area contributed by atoms with Crippen LogP contribution in [0.1, 0.15) is 0 Å². The van der Waals surface area contributed by atoms with Crippen molar-refractivity contribution in [3.63, 3.8) is 0 Å². The standard InChI is InChI=1S/C4H10N2O3/c5-6(1-2-7)3-4(8)9/h7H,1-3,5H2,(H,8,9). The van der Waals surface area contributed by atoms with Crippen LogP contribution in [-0.4, -0.2) is 40.9 Å². The first-order valence-electron chi connectivity index (χ1n) is 2.49. The Bertz CT molecular complexity index is 95.8. The number of hydrogen-bond acceptors (Lipinski definition) is 4. The normalized spacial score (nSPS) is 10.1. The van der Waals surface area contributed by atoms with Gasteiger partial charge >= 0.3 is 5.97 Å². The minimum atomic E-state index is -0.994. The van der Waals surface area contributed by atoms with Crippen molar-refractivity contribution in [3.05, 3.63) is 0 Å². The number of aliphatic carboxylic acids is 1. The predicted octanol–water partition coefficient (Wildman–Crippen LogP) is -1.76. The number of aliphatic hydroxyl groups excluding tert-OH is 1. The molecule has 0 fully saturated rings. The number of carboxylic acids is 1. The molecule has 0 unspecified atom stereocenters. The van der Waals surface area contributed by atoms with Crippen LogP contribution in [0.15, 0.2) is 0 Å². The molecule has 0 aromatic heterocycles. The van der Waals surface area contributed by atoms with Gasteiger partial charge in [0.05, 0.1) is 6.61 Å². The first kappa shape index (κ1) is 8.35. The summed E-state index contributed by atoms with van der Waals surface area (Å²) in [5.41, 5.74) is 0. The second kappa shape index (κ2) is 4.25. The van der Waals surface area contributed by atoms with Gasteiger partial charge in [0.15, 0.2) is 0 Å². The van der Waals surface area contributed by atoms with Gasteiger partial charge in [-0.05, 0) is 0 Å². The Morgan fingerprint density at radius 1 is 1.67 bits per heavy atom. The van der Waals surface area contributed by atoms with Crippen LogP contribution in [0.3, 0.4) is 0 Å². The van der Waals surface area contributed by atoms with Crippen LogP contribution in [0, 0.1) is 0 Å². The summed E-state index contributed by atoms with van der Waals surface area (Å²) >= 11 is 0. The van der Waals surface area contributed by atoms with Crippen molar-refractivity contribution in [2.24, 2.45) is 5.84 Å². The summed E-state index contributed by atoms with van der Waals surface area (Å²) in [6.07, 6.45) is 0. The lowest BCUT2D eigenvalue weighted by molar-refractivity contribution is -0.138. The van der Waals surface area contributed by atoms with Crippen molar-refractivity contribution in [1.82, 2.24) is 5.01 Å². The van der Waals surface area contributed by atoms with E-state index in [2.05, 4.69) is 0 Å². The lowest BCUT2D eigenvalue weighted by atomic mass is 10.6. The first-order valence-corrected chi connectivity index (χ1v) is 2.49. The average Bonchev–Trinajstić information content (AvgIpc) is 1.63. The Balaban J connectivity index is 3.26. The molecule has 0 aromatic rings. The summed E-state index contributed by atoms with van der Waals surface area (Å²) in [6, 6.07) is 0. The zero-order valence-corrected chi connectivity index (χ0v) is 4.95. The molecule has 0 aliphatic heterocycles. The van der Waals surface area contributed by atoms with E-state index in [1.165, 1.54) is 0 Å². The van der Waals surface area contributed by atoms with Gasteiger partial charge in [-0.25, -0.2) is 5.01 Å². The van der Waals surface area contributed by atoms with Gasteiger partial charge in [0.1, 0.15) is 6.54 Å². The van der Waals surface area contributed by atoms with Crippen LogP contribution in [0.4, 0.5) is 0 Å². The van der Waals surface area contributed by atoms with Crippen LogP contribution in [0.2, 0.25) is 0 Å². The Hall–Kier alpha value is -0.650. The molecule has 0 amide bonds. The van der Waals surface area contributed by atoms with Gasteiger partial charge in [-0.3, -0.25) is 10.6 Å². The van der Waals surface area contributed by atoms with E-state index >= 15 is 0 Å². The highest BCUT2D eigenvalue weighted by molar-refractivity contribution is 5.68. The zero-order valence-electron chi connectivity index (χ0n) is 4.95. The van der Waals surface area contributed by atoms with E-state index in [1.54, 1.807) is 0 Å². The summed E-state index contributed by atoms with van der Waals surface area (Å²) < 4.78 is 0. The largest absolute Gasteiger partial charge is 0.480 e. The number of hydrogen-bond donors (Lipinski definition) is 3. The van der Waals surface area contributed by atoms with E-state index in [0.717, 1.165) is 5.01 Å². The van der Waals surface area contributed by atoms with Crippen molar-refractivity contribution < 1.29 is 15.0 Å². The Labute approximate surface area is 52.7 Å². The van der Waals surface area contributed by atoms with E-state index in [0.29, 0.717) is 0 Å². The molecule has 0 rings (SSSR count). The molecule has 0 saturated heterocycles. The third-order valence-electron chi connectivity index (χ3n) is 0.726. The molecule has 54 valence electrons. The molecule has 4 N–H and O–H groups in total. The monoisotopic (exact) mass is 134 g/mol. The zero-order chi connectivity index (χ0) is 7.28. The van der Waals surface area contributed by atoms with E-state index in [-0.39, 0.29) is 19.7 Å². The molecular formula is C4H10N2O3. The highest BCUT2D eigenvalue weighted by Crippen LogP contribution is 1.74. The van der Waals surface area contributed by atoms with E-state index in [4.69, 9.17) is 16.1 Å². The summed E-state index contributed by atoms with van der Waals surface area (Å²) in [6.45, 7) is -0.170. The van der Waals surface area contributed by atoms with Crippen molar-refractivity contribution in [1.29, 1.82) is 0 Å². The molecule has 0 aliphatic rings. The molecular weight excluding hydrogens is 124 g/mol. The van der Waals surface area contributed by atoms with Gasteiger partial charge in [0, 0.05) is 6.54 Å². The maximum atomic E-state index is 9.88. The lowest BCUT2D eigenvalue weighted by Crippen LogP contribution is -2.37. The number of aliphatic hydroxyl groups is 1. The molecule has 0 spiro atoms. The third kappa shape index (κ3) is 5.22. The second-order valence-corrected chi connectivity index (χ2v) is 1.59. The SMILES string of the molecule is NN(CCO)CC(=O)O. The fourth-order valence-corrected chi connectivity index (χ4v) is 0.381. The second-order valence-electron chi connectivity index (χ2n) is 1.59. The van der Waals surface area contributed by atoms with Gasteiger partial charge in [-0.15, -0.1) is 0 Å². The molecule has 0 atom stereocenters. The molecule has 5 nitrogen and oxygen atoms in total. The minimum Gasteiger partial charge on any atom is -0.480 e. The number of hydrazine groups is 1. The smallest absolute Gasteiger partial charge is 0.319 e. The summed E-state index contributed by atoms with van der Waals surface area (Å²) in [4.78, 5) is 9.88. The minimum absolute atomic E-state index is 0.121. The molecule has 0 aliphatic carbocycles. The van der Waals surface area contributed by atoms with Gasteiger partial charge in [-0.1, -0.05) is 0 Å². The van der Waals surface area contributed by atoms with Crippen molar-refractivity contribution in [3.8, 4) is 0 Å². The maximum Gasteiger partial charge on any atom is 0.319 e. The quantitative estimate of drug-likeness (QED) is 0.313. The molecule has 0 radical (unpaired) electrons. The predicted molar refractivity (Wildman–Crippen MR) is 30.5 cm³/mol. The van der Waals surface area contributed by atoms with Gasteiger partial charge in [-0.2, -0.15) is 0 Å². The fraction of sp³-hybridized carbons (Fsp3) is 0.750. The lowest BCUT2D eigenvalue weighted by Gasteiger charge is -2.09. The molecule has 0 heterocycles. The first-order chi connectivity index (χ1) is 4.16. The Morgan fingerprint density at radius 3 is 2.56 bits per heavy atom. The summed E-state index contributed by atoms with van der Waals surface area (Å²) in [5.74, 6) is 4.08.